The van der Waals surface area contributed by atoms with Crippen molar-refractivity contribution in [1.29, 1.82) is 0 Å². The van der Waals surface area contributed by atoms with Crippen LogP contribution in [0.2, 0.25) is 0 Å². The summed E-state index contributed by atoms with van der Waals surface area (Å²) in [4.78, 5) is 14.2. The maximum Gasteiger partial charge on any atom is 0.261 e. The summed E-state index contributed by atoms with van der Waals surface area (Å²) in [6, 6.07) is 9.69. The van der Waals surface area contributed by atoms with Gasteiger partial charge in [-0.15, -0.1) is 23.7 Å². The molecule has 0 radical (unpaired) electrons. The Kier molecular flexibility index (Phi) is 6.08. The highest BCUT2D eigenvalue weighted by atomic mass is 35.5. The van der Waals surface area contributed by atoms with Gasteiger partial charge in [-0.1, -0.05) is 26.0 Å². The number of nitrogen functional groups attached to an aromatic ring is 1. The quantitative estimate of drug-likeness (QED) is 0.664. The zero-order valence-electron chi connectivity index (χ0n) is 14.6. The number of aromatic nitrogens is 2. The van der Waals surface area contributed by atoms with Gasteiger partial charge in [-0.3, -0.25) is 9.48 Å². The Morgan fingerprint density at radius 2 is 2.00 bits per heavy atom. The minimum atomic E-state index is -0.0265. The summed E-state index contributed by atoms with van der Waals surface area (Å²) in [5.74, 6) is 0.311. The normalized spacial score (nSPS) is 10.9. The highest BCUT2D eigenvalue weighted by molar-refractivity contribution is 7.20. The van der Waals surface area contributed by atoms with Crippen LogP contribution in [0.3, 0.4) is 0 Å². The van der Waals surface area contributed by atoms with Crippen LogP contribution < -0.4 is 11.1 Å². The number of nitrogens with two attached hydrogens (primary N) is 1. The first-order valence-corrected chi connectivity index (χ1v) is 8.86. The van der Waals surface area contributed by atoms with Crippen molar-refractivity contribution in [3.8, 4) is 0 Å². The highest BCUT2D eigenvalue weighted by Crippen LogP contribution is 2.31. The van der Waals surface area contributed by atoms with Gasteiger partial charge < -0.3 is 11.1 Å². The predicted octanol–water partition coefficient (Wildman–Crippen LogP) is 3.73. The molecule has 0 aliphatic heterocycles. The van der Waals surface area contributed by atoms with E-state index in [-0.39, 0.29) is 18.3 Å². The lowest BCUT2D eigenvalue weighted by Crippen LogP contribution is -2.24. The molecule has 5 nitrogen and oxygen atoms in total. The van der Waals surface area contributed by atoms with Crippen LogP contribution in [-0.4, -0.2) is 22.2 Å². The average molecular weight is 379 g/mol. The molecule has 7 heteroatoms. The molecule has 0 unspecified atom stereocenters. The number of nitrogens with zero attached hydrogens (tertiary/aromatic N) is 2. The first kappa shape index (κ1) is 19.3. The van der Waals surface area contributed by atoms with Crippen molar-refractivity contribution in [2.45, 2.75) is 26.2 Å². The first-order chi connectivity index (χ1) is 11.5. The Bertz CT molecular complexity index is 867. The van der Waals surface area contributed by atoms with E-state index in [2.05, 4.69) is 24.3 Å². The largest absolute Gasteiger partial charge is 0.399 e. The number of hydrogen-bond acceptors (Lipinski definition) is 4. The van der Waals surface area contributed by atoms with E-state index in [9.17, 15) is 4.79 Å². The minimum absolute atomic E-state index is 0. The van der Waals surface area contributed by atoms with Gasteiger partial charge in [-0.2, -0.15) is 5.10 Å². The molecular formula is C18H23ClN4OS. The summed E-state index contributed by atoms with van der Waals surface area (Å²) in [6.45, 7) is 4.84. The molecule has 0 aliphatic carbocycles. The number of rotatable bonds is 5. The summed E-state index contributed by atoms with van der Waals surface area (Å²) in [5.41, 5.74) is 8.63. The van der Waals surface area contributed by atoms with Gasteiger partial charge in [0.15, 0.2) is 0 Å². The third-order valence-electron chi connectivity index (χ3n) is 3.99. The average Bonchev–Trinajstić information content (AvgIpc) is 3.10. The van der Waals surface area contributed by atoms with E-state index in [1.807, 2.05) is 42.1 Å². The third-order valence-corrected chi connectivity index (χ3v) is 5.19. The van der Waals surface area contributed by atoms with E-state index in [0.29, 0.717) is 12.5 Å². The van der Waals surface area contributed by atoms with Gasteiger partial charge in [0.2, 0.25) is 0 Å². The molecule has 3 aromatic rings. The number of amides is 1. The van der Waals surface area contributed by atoms with Crippen LogP contribution in [0, 0.1) is 0 Å². The highest BCUT2D eigenvalue weighted by Gasteiger charge is 2.18. The van der Waals surface area contributed by atoms with Gasteiger partial charge in [0.05, 0.1) is 10.6 Å². The molecule has 25 heavy (non-hydrogen) atoms. The Labute approximate surface area is 157 Å². The van der Waals surface area contributed by atoms with Crippen LogP contribution in [0.1, 0.15) is 40.7 Å². The molecular weight excluding hydrogens is 356 g/mol. The molecule has 3 N–H and O–H groups in total. The molecule has 3 rings (SSSR count). The molecule has 0 fully saturated rings. The van der Waals surface area contributed by atoms with Crippen LogP contribution in [-0.2, 0) is 13.5 Å². The van der Waals surface area contributed by atoms with Crippen molar-refractivity contribution < 1.29 is 4.79 Å². The maximum atomic E-state index is 12.4. The number of halogens is 1. The van der Waals surface area contributed by atoms with Crippen LogP contribution in [0.5, 0.6) is 0 Å². The van der Waals surface area contributed by atoms with Crippen LogP contribution in [0.4, 0.5) is 5.69 Å². The number of carbonyl (C=O) groups excluding carboxylic acids is 1. The zero-order valence-corrected chi connectivity index (χ0v) is 16.2. The summed E-state index contributed by atoms with van der Waals surface area (Å²) < 4.78 is 1.86. The number of fused-ring (bicyclic) bond motifs is 1. The van der Waals surface area contributed by atoms with Crippen LogP contribution >= 0.6 is 23.7 Å². The Hall–Kier alpha value is -2.05. The maximum absolute atomic E-state index is 12.4. The summed E-state index contributed by atoms with van der Waals surface area (Å²) >= 11 is 1.49. The van der Waals surface area contributed by atoms with Crippen molar-refractivity contribution in [1.82, 2.24) is 15.1 Å². The lowest BCUT2D eigenvalue weighted by Gasteiger charge is -2.04. The van der Waals surface area contributed by atoms with Gasteiger partial charge in [-0.05, 0) is 36.1 Å². The third kappa shape index (κ3) is 4.14. The second kappa shape index (κ2) is 7.89. The number of benzene rings is 1. The summed E-state index contributed by atoms with van der Waals surface area (Å²) in [5, 5.41) is 8.62. The molecule has 0 atom stereocenters. The summed E-state index contributed by atoms with van der Waals surface area (Å²) in [6.07, 6.45) is 0.787. The van der Waals surface area contributed by atoms with Crippen molar-refractivity contribution in [2.24, 2.45) is 7.05 Å². The molecule has 0 saturated carbocycles. The standard InChI is InChI=1S/C18H22N4OS.ClH/c1-11(2)16-14-10-15(24-18(14)22(3)21-16)17(23)20-9-8-12-4-6-13(19)7-5-12;/h4-7,10-11H,8-9,19H2,1-3H3,(H,20,23);1H. The number of carbonyl (C=O) groups is 1. The smallest absolute Gasteiger partial charge is 0.261 e. The van der Waals surface area contributed by atoms with E-state index >= 15 is 0 Å². The SMILES string of the molecule is CC(C)c1nn(C)c2sc(C(=O)NCCc3ccc(N)cc3)cc12.Cl. The monoisotopic (exact) mass is 378 g/mol. The molecule has 1 aromatic carbocycles. The molecule has 2 aromatic heterocycles. The Morgan fingerprint density at radius 1 is 1.32 bits per heavy atom. The molecule has 134 valence electrons. The van der Waals surface area contributed by atoms with Gasteiger partial charge in [0.1, 0.15) is 4.83 Å². The first-order valence-electron chi connectivity index (χ1n) is 8.04. The van der Waals surface area contributed by atoms with Crippen molar-refractivity contribution in [3.05, 3.63) is 46.5 Å². The van der Waals surface area contributed by atoms with E-state index in [4.69, 9.17) is 5.73 Å². The van der Waals surface area contributed by atoms with E-state index in [0.717, 1.165) is 38.5 Å². The van der Waals surface area contributed by atoms with E-state index < -0.39 is 0 Å². The fourth-order valence-corrected chi connectivity index (χ4v) is 3.69. The zero-order chi connectivity index (χ0) is 17.3. The minimum Gasteiger partial charge on any atom is -0.399 e. The number of hydrogen-bond donors (Lipinski definition) is 2. The second-order valence-electron chi connectivity index (χ2n) is 6.24. The number of thiophene rings is 1. The van der Waals surface area contributed by atoms with Crippen molar-refractivity contribution >= 4 is 45.6 Å². The van der Waals surface area contributed by atoms with Crippen molar-refractivity contribution in [3.63, 3.8) is 0 Å². The van der Waals surface area contributed by atoms with E-state index in [1.165, 1.54) is 11.3 Å². The number of aryl methyl sites for hydroxylation is 1. The topological polar surface area (TPSA) is 72.9 Å². The fourth-order valence-electron chi connectivity index (χ4n) is 2.70. The van der Waals surface area contributed by atoms with Gasteiger partial charge in [0.25, 0.3) is 5.91 Å². The van der Waals surface area contributed by atoms with Gasteiger partial charge in [0, 0.05) is 24.7 Å². The Morgan fingerprint density at radius 3 is 2.64 bits per heavy atom. The molecule has 0 spiro atoms. The number of anilines is 1. The van der Waals surface area contributed by atoms with Crippen LogP contribution in [0.25, 0.3) is 10.2 Å². The molecule has 0 aliphatic rings. The van der Waals surface area contributed by atoms with Crippen molar-refractivity contribution in [2.75, 3.05) is 12.3 Å². The van der Waals surface area contributed by atoms with E-state index in [1.54, 1.807) is 0 Å². The lowest BCUT2D eigenvalue weighted by atomic mass is 10.1. The molecule has 0 saturated heterocycles. The molecule has 2 heterocycles. The predicted molar refractivity (Wildman–Crippen MR) is 107 cm³/mol. The molecule has 0 bridgehead atoms. The second-order valence-corrected chi connectivity index (χ2v) is 7.27. The van der Waals surface area contributed by atoms with Gasteiger partial charge >= 0.3 is 0 Å². The summed E-state index contributed by atoms with van der Waals surface area (Å²) in [7, 11) is 1.92. The van der Waals surface area contributed by atoms with Gasteiger partial charge in [-0.25, -0.2) is 0 Å². The number of nitrogens with one attached hydrogen (secondary N) is 1. The Balaban J connectivity index is 0.00000225. The lowest BCUT2D eigenvalue weighted by molar-refractivity contribution is 0.0958. The fraction of sp³-hybridized carbons (Fsp3) is 0.333. The van der Waals surface area contributed by atoms with Crippen LogP contribution in [0.15, 0.2) is 30.3 Å². The molecule has 1 amide bonds.